The van der Waals surface area contributed by atoms with Crippen LogP contribution in [-0.2, 0) is 10.0 Å². The van der Waals surface area contributed by atoms with Gasteiger partial charge in [-0.2, -0.15) is 0 Å². The summed E-state index contributed by atoms with van der Waals surface area (Å²) in [6.07, 6.45) is 2.94. The second-order valence-electron chi connectivity index (χ2n) is 4.63. The number of nitrogens with one attached hydrogen (secondary N) is 2. The second kappa shape index (κ2) is 6.19. The van der Waals surface area contributed by atoms with Gasteiger partial charge in [-0.3, -0.25) is 4.72 Å². The molecule has 1 saturated carbocycles. The molecule has 2 N–H and O–H groups in total. The Morgan fingerprint density at radius 2 is 2.11 bits per heavy atom. The van der Waals surface area contributed by atoms with Gasteiger partial charge in [0.1, 0.15) is 5.82 Å². The molecule has 0 bridgehead atoms. The Morgan fingerprint density at radius 1 is 1.37 bits per heavy atom. The molecule has 1 aliphatic carbocycles. The Balaban J connectivity index is 1.84. The first-order chi connectivity index (χ1) is 8.96. The van der Waals surface area contributed by atoms with E-state index in [0.717, 1.165) is 0 Å². The topological polar surface area (TPSA) is 58.2 Å². The van der Waals surface area contributed by atoms with E-state index in [1.807, 2.05) is 0 Å². The third kappa shape index (κ3) is 5.08. The van der Waals surface area contributed by atoms with Gasteiger partial charge in [-0.15, -0.1) is 0 Å². The highest BCUT2D eigenvalue weighted by Gasteiger charge is 2.20. The van der Waals surface area contributed by atoms with E-state index < -0.39 is 15.8 Å². The maximum absolute atomic E-state index is 12.9. The molecule has 0 atom stereocenters. The predicted octanol–water partition coefficient (Wildman–Crippen LogP) is 2.47. The van der Waals surface area contributed by atoms with E-state index in [1.165, 1.54) is 31.0 Å². The molecule has 0 radical (unpaired) electrons. The summed E-state index contributed by atoms with van der Waals surface area (Å²) in [6, 6.07) is 4.44. The summed E-state index contributed by atoms with van der Waals surface area (Å²) in [5, 5.41) is 3.26. The SMILES string of the molecule is O=S(=O)(CCCNC1CC1)Nc1ccc(F)cc1Br. The van der Waals surface area contributed by atoms with Crippen LogP contribution < -0.4 is 10.0 Å². The zero-order valence-electron chi connectivity index (χ0n) is 10.3. The van der Waals surface area contributed by atoms with Crippen LogP contribution in [0.5, 0.6) is 0 Å². The Hall–Kier alpha value is -0.660. The van der Waals surface area contributed by atoms with Gasteiger partial charge in [0.2, 0.25) is 10.0 Å². The fourth-order valence-corrected chi connectivity index (χ4v) is 3.37. The van der Waals surface area contributed by atoms with Gasteiger partial charge in [-0.25, -0.2) is 12.8 Å². The molecule has 0 heterocycles. The zero-order valence-corrected chi connectivity index (χ0v) is 12.7. The number of hydrogen-bond donors (Lipinski definition) is 2. The van der Waals surface area contributed by atoms with Crippen LogP contribution in [0.1, 0.15) is 19.3 Å². The molecule has 7 heteroatoms. The second-order valence-corrected chi connectivity index (χ2v) is 7.32. The maximum atomic E-state index is 12.9. The molecule has 1 aromatic carbocycles. The normalized spacial score (nSPS) is 15.5. The third-order valence-corrected chi connectivity index (χ3v) is 4.81. The van der Waals surface area contributed by atoms with Gasteiger partial charge in [0, 0.05) is 10.5 Å². The molecule has 2 rings (SSSR count). The van der Waals surface area contributed by atoms with E-state index in [2.05, 4.69) is 26.0 Å². The van der Waals surface area contributed by atoms with Gasteiger partial charge in [0.05, 0.1) is 11.4 Å². The van der Waals surface area contributed by atoms with E-state index in [1.54, 1.807) is 0 Å². The van der Waals surface area contributed by atoms with Crippen molar-refractivity contribution in [1.82, 2.24) is 5.32 Å². The number of anilines is 1. The highest BCUT2D eigenvalue weighted by molar-refractivity contribution is 9.10. The zero-order chi connectivity index (χ0) is 13.9. The van der Waals surface area contributed by atoms with Crippen LogP contribution in [0.4, 0.5) is 10.1 Å². The van der Waals surface area contributed by atoms with Crippen LogP contribution in [0.3, 0.4) is 0 Å². The number of halogens is 2. The highest BCUT2D eigenvalue weighted by Crippen LogP contribution is 2.24. The van der Waals surface area contributed by atoms with Crippen molar-refractivity contribution in [1.29, 1.82) is 0 Å². The molecule has 106 valence electrons. The van der Waals surface area contributed by atoms with E-state index in [-0.39, 0.29) is 5.75 Å². The van der Waals surface area contributed by atoms with Gasteiger partial charge >= 0.3 is 0 Å². The maximum Gasteiger partial charge on any atom is 0.232 e. The minimum Gasteiger partial charge on any atom is -0.314 e. The molecule has 0 amide bonds. The quantitative estimate of drug-likeness (QED) is 0.742. The van der Waals surface area contributed by atoms with E-state index in [9.17, 15) is 12.8 Å². The van der Waals surface area contributed by atoms with E-state index in [4.69, 9.17) is 0 Å². The highest BCUT2D eigenvalue weighted by atomic mass is 79.9. The first kappa shape index (κ1) is 14.7. The standard InChI is InChI=1S/C12H16BrFN2O2S/c13-11-8-9(14)2-5-12(11)16-19(17,18)7-1-6-15-10-3-4-10/h2,5,8,10,15-16H,1,3-4,6-7H2. The van der Waals surface area contributed by atoms with E-state index in [0.29, 0.717) is 29.2 Å². The molecule has 4 nitrogen and oxygen atoms in total. The lowest BCUT2D eigenvalue weighted by molar-refractivity contribution is 0.593. The smallest absolute Gasteiger partial charge is 0.232 e. The van der Waals surface area contributed by atoms with Crippen LogP contribution >= 0.6 is 15.9 Å². The van der Waals surface area contributed by atoms with Crippen molar-refractivity contribution in [3.05, 3.63) is 28.5 Å². The summed E-state index contributed by atoms with van der Waals surface area (Å²) in [5.74, 6) is -0.361. The fourth-order valence-electron chi connectivity index (χ4n) is 1.65. The van der Waals surface area contributed by atoms with Gasteiger partial charge in [0.15, 0.2) is 0 Å². The molecule has 1 fully saturated rings. The minimum atomic E-state index is -3.39. The molecular weight excluding hydrogens is 335 g/mol. The van der Waals surface area contributed by atoms with Crippen molar-refractivity contribution in [2.24, 2.45) is 0 Å². The van der Waals surface area contributed by atoms with Crippen molar-refractivity contribution < 1.29 is 12.8 Å². The summed E-state index contributed by atoms with van der Waals surface area (Å²) < 4.78 is 39.4. The number of sulfonamides is 1. The first-order valence-corrected chi connectivity index (χ1v) is 8.60. The molecule has 0 saturated heterocycles. The molecule has 0 unspecified atom stereocenters. The largest absolute Gasteiger partial charge is 0.314 e. The summed E-state index contributed by atoms with van der Waals surface area (Å²) >= 11 is 3.13. The third-order valence-electron chi connectivity index (χ3n) is 2.80. The molecule has 0 spiro atoms. The van der Waals surface area contributed by atoms with Crippen LogP contribution in [-0.4, -0.2) is 26.8 Å². The van der Waals surface area contributed by atoms with Gasteiger partial charge in [-0.05, 0) is 59.9 Å². The average Bonchev–Trinajstić information content (AvgIpc) is 3.12. The van der Waals surface area contributed by atoms with Crippen LogP contribution in [0.15, 0.2) is 22.7 Å². The van der Waals surface area contributed by atoms with Crippen LogP contribution in [0.25, 0.3) is 0 Å². The van der Waals surface area contributed by atoms with Gasteiger partial charge < -0.3 is 5.32 Å². The predicted molar refractivity (Wildman–Crippen MR) is 77.2 cm³/mol. The van der Waals surface area contributed by atoms with Crippen molar-refractivity contribution >= 4 is 31.6 Å². The van der Waals surface area contributed by atoms with Crippen molar-refractivity contribution in [2.75, 3.05) is 17.0 Å². The van der Waals surface area contributed by atoms with Crippen molar-refractivity contribution in [2.45, 2.75) is 25.3 Å². The summed E-state index contributed by atoms with van der Waals surface area (Å²) in [6.45, 7) is 0.705. The first-order valence-electron chi connectivity index (χ1n) is 6.15. The fraction of sp³-hybridized carbons (Fsp3) is 0.500. The monoisotopic (exact) mass is 350 g/mol. The minimum absolute atomic E-state index is 0.0521. The Kier molecular flexibility index (Phi) is 4.81. The Morgan fingerprint density at radius 3 is 2.74 bits per heavy atom. The van der Waals surface area contributed by atoms with Crippen LogP contribution in [0, 0.1) is 5.82 Å². The summed E-state index contributed by atoms with van der Waals surface area (Å²) in [4.78, 5) is 0. The molecule has 0 aliphatic heterocycles. The number of rotatable bonds is 7. The number of benzene rings is 1. The van der Waals surface area contributed by atoms with Crippen molar-refractivity contribution in [3.8, 4) is 0 Å². The molecular formula is C12H16BrFN2O2S. The van der Waals surface area contributed by atoms with Gasteiger partial charge in [0.25, 0.3) is 0 Å². The lowest BCUT2D eigenvalue weighted by Gasteiger charge is -2.10. The van der Waals surface area contributed by atoms with Gasteiger partial charge in [-0.1, -0.05) is 0 Å². The lowest BCUT2D eigenvalue weighted by Crippen LogP contribution is -2.23. The molecule has 1 aromatic rings. The molecule has 1 aliphatic rings. The van der Waals surface area contributed by atoms with Crippen LogP contribution in [0.2, 0.25) is 0 Å². The van der Waals surface area contributed by atoms with Crippen molar-refractivity contribution in [3.63, 3.8) is 0 Å². The summed E-state index contributed by atoms with van der Waals surface area (Å²) in [5.41, 5.74) is 0.358. The number of hydrogen-bond acceptors (Lipinski definition) is 3. The lowest BCUT2D eigenvalue weighted by atomic mass is 10.3. The Bertz CT molecular complexity index is 547. The molecule has 0 aromatic heterocycles. The molecule has 19 heavy (non-hydrogen) atoms. The summed E-state index contributed by atoms with van der Waals surface area (Å²) in [7, 11) is -3.39. The van der Waals surface area contributed by atoms with E-state index >= 15 is 0 Å². The Labute approximate surface area is 121 Å². The average molecular weight is 351 g/mol.